The van der Waals surface area contributed by atoms with Gasteiger partial charge in [0.25, 0.3) is 0 Å². The van der Waals surface area contributed by atoms with Gasteiger partial charge in [0.2, 0.25) is 0 Å². The van der Waals surface area contributed by atoms with Gasteiger partial charge in [0.05, 0.1) is 11.4 Å². The molecule has 8 rings (SSSR count). The second-order valence-corrected chi connectivity index (χ2v) is 11.1. The number of hydrogen-bond donors (Lipinski definition) is 0. The van der Waals surface area contributed by atoms with Crippen LogP contribution < -0.4 is 0 Å². The average molecular weight is 565 g/mol. The fourth-order valence-corrected chi connectivity index (χ4v) is 6.03. The maximum Gasteiger partial charge on any atom is 0.143 e. The molecule has 0 unspecified atom stereocenters. The summed E-state index contributed by atoms with van der Waals surface area (Å²) < 4.78 is 6.58. The van der Waals surface area contributed by atoms with Crippen LogP contribution in [0.25, 0.3) is 66.7 Å². The molecule has 0 amide bonds. The average Bonchev–Trinajstić information content (AvgIpc) is 3.48. The van der Waals surface area contributed by atoms with Gasteiger partial charge in [-0.1, -0.05) is 109 Å². The summed E-state index contributed by atoms with van der Waals surface area (Å²) in [5.74, 6) is 0. The van der Waals surface area contributed by atoms with Crippen molar-refractivity contribution in [3.05, 3.63) is 169 Å². The highest BCUT2D eigenvalue weighted by Crippen LogP contribution is 2.38. The summed E-state index contributed by atoms with van der Waals surface area (Å²) in [6, 6.07) is 52.9. The fourth-order valence-electron chi connectivity index (χ4n) is 6.03. The number of fused-ring (bicyclic) bond motifs is 3. The van der Waals surface area contributed by atoms with Gasteiger partial charge in [-0.05, 0) is 75.8 Å². The third-order valence-electron chi connectivity index (χ3n) is 8.14. The Morgan fingerprint density at radius 1 is 0.477 bits per heavy atom. The Hall–Kier alpha value is -5.80. The molecule has 0 saturated heterocycles. The topological polar surface area (TPSA) is 38.9 Å². The number of aromatic nitrogens is 2. The summed E-state index contributed by atoms with van der Waals surface area (Å²) in [4.78, 5) is 9.46. The van der Waals surface area contributed by atoms with Gasteiger partial charge in [0, 0.05) is 34.6 Å². The second-order valence-electron chi connectivity index (χ2n) is 11.1. The van der Waals surface area contributed by atoms with Crippen molar-refractivity contribution in [2.24, 2.45) is 0 Å². The van der Waals surface area contributed by atoms with Crippen LogP contribution in [0.2, 0.25) is 0 Å². The van der Waals surface area contributed by atoms with E-state index in [1.54, 1.807) is 6.20 Å². The molecule has 3 heterocycles. The maximum absolute atomic E-state index is 6.58. The number of pyridine rings is 2. The summed E-state index contributed by atoms with van der Waals surface area (Å²) >= 11 is 0. The number of benzene rings is 5. The molecule has 0 aliphatic rings. The van der Waals surface area contributed by atoms with E-state index in [-0.39, 0.29) is 0 Å². The van der Waals surface area contributed by atoms with Crippen LogP contribution in [0.4, 0.5) is 0 Å². The van der Waals surface area contributed by atoms with Crippen LogP contribution in [0, 0.1) is 0 Å². The van der Waals surface area contributed by atoms with Crippen LogP contribution in [0.1, 0.15) is 11.3 Å². The molecular formula is C41H28N2O. The van der Waals surface area contributed by atoms with Gasteiger partial charge in [-0.25, -0.2) is 0 Å². The molecule has 208 valence electrons. The molecule has 0 aliphatic heterocycles. The Morgan fingerprint density at radius 3 is 2.00 bits per heavy atom. The van der Waals surface area contributed by atoms with Gasteiger partial charge in [-0.15, -0.1) is 0 Å². The minimum Gasteiger partial charge on any atom is -0.455 e. The van der Waals surface area contributed by atoms with Crippen LogP contribution in [-0.2, 0) is 6.42 Å². The standard InChI is InChI=1S/C41H28N2O/c1-3-11-29(12-4-1)32-23-28(25-34-15-9-19-39(43-34)38-18-7-8-22-42-38)24-33(26-32)31-20-21-36-37-17-10-16-35(30-13-5-2-6-14-30)41(37)44-40(36)27-31/h1-24,26-27H,25H2. The van der Waals surface area contributed by atoms with Crippen LogP contribution in [-0.4, -0.2) is 9.97 Å². The molecule has 0 aliphatic carbocycles. The van der Waals surface area contributed by atoms with Crippen molar-refractivity contribution >= 4 is 21.9 Å². The lowest BCUT2D eigenvalue weighted by molar-refractivity contribution is 0.670. The molecular weight excluding hydrogens is 536 g/mol. The quantitative estimate of drug-likeness (QED) is 0.202. The van der Waals surface area contributed by atoms with E-state index in [1.165, 1.54) is 16.7 Å². The van der Waals surface area contributed by atoms with E-state index in [1.807, 2.05) is 30.3 Å². The summed E-state index contributed by atoms with van der Waals surface area (Å²) in [6.07, 6.45) is 2.52. The maximum atomic E-state index is 6.58. The second kappa shape index (κ2) is 11.1. The molecule has 44 heavy (non-hydrogen) atoms. The minimum atomic E-state index is 0.710. The third kappa shape index (κ3) is 4.95. The highest BCUT2D eigenvalue weighted by atomic mass is 16.3. The van der Waals surface area contributed by atoms with E-state index in [9.17, 15) is 0 Å². The molecule has 0 N–H and O–H groups in total. The molecule has 3 heteroatoms. The van der Waals surface area contributed by atoms with Crippen LogP contribution >= 0.6 is 0 Å². The van der Waals surface area contributed by atoms with E-state index in [0.29, 0.717) is 6.42 Å². The smallest absolute Gasteiger partial charge is 0.143 e. The van der Waals surface area contributed by atoms with Crippen molar-refractivity contribution in [1.29, 1.82) is 0 Å². The first-order chi connectivity index (χ1) is 21.8. The minimum absolute atomic E-state index is 0.710. The normalized spacial score (nSPS) is 11.3. The van der Waals surface area contributed by atoms with Crippen molar-refractivity contribution in [2.45, 2.75) is 6.42 Å². The van der Waals surface area contributed by atoms with E-state index < -0.39 is 0 Å². The predicted octanol–water partition coefficient (Wildman–Crippen LogP) is 10.6. The van der Waals surface area contributed by atoms with Crippen LogP contribution in [0.3, 0.4) is 0 Å². The molecule has 0 atom stereocenters. The fraction of sp³-hybridized carbons (Fsp3) is 0.0244. The number of hydrogen-bond acceptors (Lipinski definition) is 3. The van der Waals surface area contributed by atoms with Crippen molar-refractivity contribution < 1.29 is 4.42 Å². The van der Waals surface area contributed by atoms with Crippen molar-refractivity contribution in [2.75, 3.05) is 0 Å². The van der Waals surface area contributed by atoms with E-state index in [0.717, 1.165) is 61.3 Å². The predicted molar refractivity (Wildman–Crippen MR) is 180 cm³/mol. The highest BCUT2D eigenvalue weighted by Gasteiger charge is 2.14. The Balaban J connectivity index is 1.22. The van der Waals surface area contributed by atoms with Crippen molar-refractivity contribution in [3.8, 4) is 44.8 Å². The number of furan rings is 1. The zero-order chi connectivity index (χ0) is 29.3. The Bertz CT molecular complexity index is 2240. The van der Waals surface area contributed by atoms with Crippen LogP contribution in [0.5, 0.6) is 0 Å². The molecule has 5 aromatic carbocycles. The lowest BCUT2D eigenvalue weighted by atomic mass is 9.94. The Labute approximate surface area is 256 Å². The van der Waals surface area contributed by atoms with Crippen LogP contribution in [0.15, 0.2) is 162 Å². The summed E-state index contributed by atoms with van der Waals surface area (Å²) in [7, 11) is 0. The van der Waals surface area contributed by atoms with Crippen molar-refractivity contribution in [1.82, 2.24) is 9.97 Å². The first-order valence-corrected chi connectivity index (χ1v) is 14.9. The van der Waals surface area contributed by atoms with E-state index >= 15 is 0 Å². The van der Waals surface area contributed by atoms with Gasteiger partial charge in [0.15, 0.2) is 0 Å². The molecule has 0 bridgehead atoms. The first kappa shape index (κ1) is 25.9. The molecule has 0 fully saturated rings. The molecule has 8 aromatic rings. The van der Waals surface area contributed by atoms with Gasteiger partial charge >= 0.3 is 0 Å². The summed E-state index contributed by atoms with van der Waals surface area (Å²) in [5.41, 5.74) is 12.6. The zero-order valence-electron chi connectivity index (χ0n) is 24.0. The SMILES string of the molecule is c1ccc(-c2cc(Cc3cccc(-c4ccccn4)n3)cc(-c3ccc4c(c3)oc3c(-c5ccccc5)cccc34)c2)cc1. The Kier molecular flexibility index (Phi) is 6.54. The number of rotatable bonds is 6. The number of nitrogens with zero attached hydrogens (tertiary/aromatic N) is 2. The highest BCUT2D eigenvalue weighted by molar-refractivity contribution is 6.10. The van der Waals surface area contributed by atoms with Gasteiger partial charge in [-0.2, -0.15) is 0 Å². The number of para-hydroxylation sites is 1. The lowest BCUT2D eigenvalue weighted by Crippen LogP contribution is -1.96. The zero-order valence-corrected chi connectivity index (χ0v) is 24.0. The lowest BCUT2D eigenvalue weighted by Gasteiger charge is -2.12. The molecule has 0 radical (unpaired) electrons. The third-order valence-corrected chi connectivity index (χ3v) is 8.14. The molecule has 3 nitrogen and oxygen atoms in total. The molecule has 0 saturated carbocycles. The molecule has 3 aromatic heterocycles. The van der Waals surface area contributed by atoms with E-state index in [4.69, 9.17) is 9.40 Å². The first-order valence-electron chi connectivity index (χ1n) is 14.9. The monoisotopic (exact) mass is 564 g/mol. The van der Waals surface area contributed by atoms with Crippen molar-refractivity contribution in [3.63, 3.8) is 0 Å². The molecule has 0 spiro atoms. The van der Waals surface area contributed by atoms with Gasteiger partial charge in [-0.3, -0.25) is 9.97 Å². The Morgan fingerprint density at radius 2 is 1.20 bits per heavy atom. The largest absolute Gasteiger partial charge is 0.455 e. The van der Waals surface area contributed by atoms with Gasteiger partial charge in [0.1, 0.15) is 11.2 Å². The summed E-state index contributed by atoms with van der Waals surface area (Å²) in [6.45, 7) is 0. The van der Waals surface area contributed by atoms with Gasteiger partial charge < -0.3 is 4.42 Å². The van der Waals surface area contributed by atoms with E-state index in [2.05, 4.69) is 126 Å². The summed E-state index contributed by atoms with van der Waals surface area (Å²) in [5, 5.41) is 2.25.